The molecule has 0 spiro atoms. The van der Waals surface area contributed by atoms with E-state index in [4.69, 9.17) is 4.74 Å². The third-order valence-electron chi connectivity index (χ3n) is 6.18. The number of carbonyl (C=O) groups excluding carboxylic acids is 1. The Morgan fingerprint density at radius 1 is 1.24 bits per heavy atom. The SMILES string of the molecule is CCC1(CC)C[C@H](NC(=O)CN(c2cc([N+](=O)[O-])ccc2C)S(C)(=O)=O)c2ccccc2O1. The van der Waals surface area contributed by atoms with Crippen LogP contribution in [-0.4, -0.2) is 37.6 Å². The topological polar surface area (TPSA) is 119 Å². The highest BCUT2D eigenvalue weighted by molar-refractivity contribution is 7.92. The van der Waals surface area contributed by atoms with Gasteiger partial charge in [0.25, 0.3) is 5.69 Å². The number of nitro groups is 1. The van der Waals surface area contributed by atoms with E-state index in [1.807, 2.05) is 38.1 Å². The molecule has 1 aliphatic rings. The van der Waals surface area contributed by atoms with Crippen molar-refractivity contribution in [2.45, 2.75) is 51.7 Å². The van der Waals surface area contributed by atoms with Crippen molar-refractivity contribution < 1.29 is 22.9 Å². The van der Waals surface area contributed by atoms with Crippen LogP contribution in [0.1, 0.15) is 50.3 Å². The van der Waals surface area contributed by atoms with E-state index in [0.717, 1.165) is 29.0 Å². The number of nitrogens with zero attached hydrogens (tertiary/aromatic N) is 2. The summed E-state index contributed by atoms with van der Waals surface area (Å²) < 4.78 is 32.3. The largest absolute Gasteiger partial charge is 0.487 e. The Labute approximate surface area is 193 Å². The minimum atomic E-state index is -3.89. The summed E-state index contributed by atoms with van der Waals surface area (Å²) in [4.78, 5) is 23.7. The molecule has 9 nitrogen and oxygen atoms in total. The zero-order valence-electron chi connectivity index (χ0n) is 19.2. The lowest BCUT2D eigenvalue weighted by molar-refractivity contribution is -0.384. The van der Waals surface area contributed by atoms with Crippen LogP contribution in [0, 0.1) is 17.0 Å². The van der Waals surface area contributed by atoms with Gasteiger partial charge in [-0.15, -0.1) is 0 Å². The average Bonchev–Trinajstić information content (AvgIpc) is 2.77. The Hall–Kier alpha value is -3.14. The van der Waals surface area contributed by atoms with Crippen LogP contribution in [0.2, 0.25) is 0 Å². The number of anilines is 1. The van der Waals surface area contributed by atoms with Gasteiger partial charge in [-0.1, -0.05) is 38.1 Å². The molecule has 33 heavy (non-hydrogen) atoms. The number of para-hydroxylation sites is 1. The third kappa shape index (κ3) is 5.27. The van der Waals surface area contributed by atoms with Crippen molar-refractivity contribution in [2.75, 3.05) is 17.1 Å². The molecule has 10 heteroatoms. The Morgan fingerprint density at radius 3 is 2.52 bits per heavy atom. The fourth-order valence-corrected chi connectivity index (χ4v) is 5.07. The molecule has 178 valence electrons. The quantitative estimate of drug-likeness (QED) is 0.457. The molecule has 0 radical (unpaired) electrons. The van der Waals surface area contributed by atoms with E-state index in [1.165, 1.54) is 18.2 Å². The summed E-state index contributed by atoms with van der Waals surface area (Å²) in [5, 5.41) is 14.2. The highest BCUT2D eigenvalue weighted by Crippen LogP contribution is 2.42. The van der Waals surface area contributed by atoms with Crippen molar-refractivity contribution in [2.24, 2.45) is 0 Å². The minimum absolute atomic E-state index is 0.102. The van der Waals surface area contributed by atoms with Gasteiger partial charge in [-0.3, -0.25) is 19.2 Å². The van der Waals surface area contributed by atoms with Crippen LogP contribution < -0.4 is 14.4 Å². The lowest BCUT2D eigenvalue weighted by Crippen LogP contribution is -2.47. The van der Waals surface area contributed by atoms with Crippen molar-refractivity contribution in [1.82, 2.24) is 5.32 Å². The van der Waals surface area contributed by atoms with Gasteiger partial charge in [-0.05, 0) is 31.4 Å². The molecule has 0 saturated heterocycles. The molecule has 0 saturated carbocycles. The van der Waals surface area contributed by atoms with E-state index in [0.29, 0.717) is 17.7 Å². The summed E-state index contributed by atoms with van der Waals surface area (Å²) in [6.45, 7) is 5.21. The number of nitrogens with one attached hydrogen (secondary N) is 1. The van der Waals surface area contributed by atoms with E-state index in [9.17, 15) is 23.3 Å². The van der Waals surface area contributed by atoms with Crippen molar-refractivity contribution >= 4 is 27.3 Å². The van der Waals surface area contributed by atoms with E-state index in [1.54, 1.807) is 6.92 Å². The Kier molecular flexibility index (Phi) is 6.97. The lowest BCUT2D eigenvalue weighted by atomic mass is 9.83. The van der Waals surface area contributed by atoms with Crippen molar-refractivity contribution in [1.29, 1.82) is 0 Å². The minimum Gasteiger partial charge on any atom is -0.487 e. The highest BCUT2D eigenvalue weighted by atomic mass is 32.2. The first kappa shape index (κ1) is 24.5. The van der Waals surface area contributed by atoms with Crippen LogP contribution >= 0.6 is 0 Å². The molecule has 2 aromatic carbocycles. The Bertz CT molecular complexity index is 1160. The zero-order chi connectivity index (χ0) is 24.4. The van der Waals surface area contributed by atoms with Crippen molar-refractivity contribution in [3.8, 4) is 5.75 Å². The number of fused-ring (bicyclic) bond motifs is 1. The first-order chi connectivity index (χ1) is 15.5. The molecule has 1 amide bonds. The summed E-state index contributed by atoms with van der Waals surface area (Å²) >= 11 is 0. The fraction of sp³-hybridized carbons (Fsp3) is 0.435. The molecule has 2 aromatic rings. The van der Waals surface area contributed by atoms with Gasteiger partial charge in [-0.25, -0.2) is 8.42 Å². The van der Waals surface area contributed by atoms with Crippen LogP contribution in [0.3, 0.4) is 0 Å². The molecular weight excluding hydrogens is 446 g/mol. The standard InChI is InChI=1S/C23H29N3O6S/c1-5-23(6-2)14-19(18-9-7-8-10-21(18)32-23)24-22(27)15-25(33(4,30)31)20-13-17(26(28)29)12-11-16(20)3/h7-13,19H,5-6,14-15H2,1-4H3,(H,24,27)/t19-/m0/s1. The fourth-order valence-electron chi connectivity index (χ4n) is 4.16. The number of aryl methyl sites for hydroxylation is 1. The van der Waals surface area contributed by atoms with Crippen molar-refractivity contribution in [3.63, 3.8) is 0 Å². The van der Waals surface area contributed by atoms with E-state index in [-0.39, 0.29) is 17.4 Å². The predicted octanol–water partition coefficient (Wildman–Crippen LogP) is 3.87. The number of non-ortho nitro benzene ring substituents is 1. The van der Waals surface area contributed by atoms with Crippen LogP contribution in [0.15, 0.2) is 42.5 Å². The number of carbonyl (C=O) groups is 1. The molecular formula is C23H29N3O6S. The maximum absolute atomic E-state index is 13.1. The zero-order valence-corrected chi connectivity index (χ0v) is 20.0. The monoisotopic (exact) mass is 475 g/mol. The molecule has 1 aliphatic heterocycles. The maximum atomic E-state index is 13.1. The second kappa shape index (κ2) is 9.38. The number of sulfonamides is 1. The van der Waals surface area contributed by atoms with E-state index >= 15 is 0 Å². The molecule has 0 fully saturated rings. The van der Waals surface area contributed by atoms with E-state index in [2.05, 4.69) is 5.32 Å². The molecule has 0 aliphatic carbocycles. The number of hydrogen-bond acceptors (Lipinski definition) is 6. The Balaban J connectivity index is 1.90. The molecule has 0 bridgehead atoms. The molecule has 3 rings (SSSR count). The number of amides is 1. The second-order valence-electron chi connectivity index (χ2n) is 8.35. The second-order valence-corrected chi connectivity index (χ2v) is 10.3. The van der Waals surface area contributed by atoms with Gasteiger partial charge in [0.1, 0.15) is 17.9 Å². The van der Waals surface area contributed by atoms with Crippen molar-refractivity contribution in [3.05, 3.63) is 63.7 Å². The normalized spacial score (nSPS) is 16.9. The maximum Gasteiger partial charge on any atom is 0.271 e. The molecule has 0 aromatic heterocycles. The molecule has 1 heterocycles. The molecule has 1 atom stereocenters. The summed E-state index contributed by atoms with van der Waals surface area (Å²) in [7, 11) is -3.89. The number of benzene rings is 2. The molecule has 1 N–H and O–H groups in total. The van der Waals surface area contributed by atoms with Crippen LogP contribution in [0.25, 0.3) is 0 Å². The number of hydrogen-bond donors (Lipinski definition) is 1. The summed E-state index contributed by atoms with van der Waals surface area (Å²) in [5.41, 5.74) is 0.760. The van der Waals surface area contributed by atoms with Crippen LogP contribution in [-0.2, 0) is 14.8 Å². The van der Waals surface area contributed by atoms with Gasteiger partial charge in [0.2, 0.25) is 15.9 Å². The number of rotatable bonds is 8. The van der Waals surface area contributed by atoms with Crippen LogP contribution in [0.4, 0.5) is 11.4 Å². The van der Waals surface area contributed by atoms with E-state index < -0.39 is 33.0 Å². The average molecular weight is 476 g/mol. The van der Waals surface area contributed by atoms with Crippen LogP contribution in [0.5, 0.6) is 5.75 Å². The Morgan fingerprint density at radius 2 is 1.91 bits per heavy atom. The summed E-state index contributed by atoms with van der Waals surface area (Å²) in [6, 6.07) is 11.1. The summed E-state index contributed by atoms with van der Waals surface area (Å²) in [5.74, 6) is 0.196. The van der Waals surface area contributed by atoms with Gasteiger partial charge >= 0.3 is 0 Å². The number of ether oxygens (including phenoxy) is 1. The van der Waals surface area contributed by atoms with Gasteiger partial charge in [-0.2, -0.15) is 0 Å². The first-order valence-electron chi connectivity index (χ1n) is 10.8. The van der Waals surface area contributed by atoms with Gasteiger partial charge in [0, 0.05) is 24.1 Å². The summed E-state index contributed by atoms with van der Waals surface area (Å²) in [6.07, 6.45) is 3.04. The lowest BCUT2D eigenvalue weighted by Gasteiger charge is -2.41. The third-order valence-corrected chi connectivity index (χ3v) is 7.31. The predicted molar refractivity (Wildman–Crippen MR) is 126 cm³/mol. The smallest absolute Gasteiger partial charge is 0.271 e. The van der Waals surface area contributed by atoms with Gasteiger partial charge in [0.05, 0.1) is 22.9 Å². The first-order valence-corrected chi connectivity index (χ1v) is 12.6. The van der Waals surface area contributed by atoms with Gasteiger partial charge in [0.15, 0.2) is 0 Å². The number of nitro benzene ring substituents is 1. The highest BCUT2D eigenvalue weighted by Gasteiger charge is 2.39. The molecule has 0 unspecified atom stereocenters. The van der Waals surface area contributed by atoms with Gasteiger partial charge < -0.3 is 10.1 Å².